The molecule has 4 atom stereocenters. The SMILES string of the molecule is c1ccc(-c2ccc3ccc(C4Nc5ccccc5C(c5cccc(C6Nc7ccccc7C(c7ccc8ccc(-c9ccccc9)cc8c7)N6)c5)N4)cc3c2)cc1. The minimum atomic E-state index is -0.0988. The van der Waals surface area contributed by atoms with Crippen LogP contribution in [0.2, 0.25) is 0 Å². The van der Waals surface area contributed by atoms with Crippen LogP contribution in [0.5, 0.6) is 0 Å². The van der Waals surface area contributed by atoms with Crippen LogP contribution in [-0.2, 0) is 0 Å². The van der Waals surface area contributed by atoms with Crippen molar-refractivity contribution in [3.63, 3.8) is 0 Å². The molecule has 9 aromatic carbocycles. The topological polar surface area (TPSA) is 48.1 Å². The van der Waals surface area contributed by atoms with Gasteiger partial charge in [-0.2, -0.15) is 0 Å². The molecule has 0 amide bonds. The van der Waals surface area contributed by atoms with E-state index in [-0.39, 0.29) is 24.4 Å². The lowest BCUT2D eigenvalue weighted by Crippen LogP contribution is -2.38. The van der Waals surface area contributed by atoms with Gasteiger partial charge in [0, 0.05) is 11.4 Å². The van der Waals surface area contributed by atoms with E-state index in [1.165, 1.54) is 77.2 Å². The van der Waals surface area contributed by atoms with Crippen LogP contribution in [0.1, 0.15) is 57.8 Å². The summed E-state index contributed by atoms with van der Waals surface area (Å²) in [7, 11) is 0. The fourth-order valence-corrected chi connectivity index (χ4v) is 9.01. The van der Waals surface area contributed by atoms with Gasteiger partial charge in [0.2, 0.25) is 0 Å². The molecular formula is C54H42N4. The maximum absolute atomic E-state index is 4.03. The molecule has 0 saturated carbocycles. The summed E-state index contributed by atoms with van der Waals surface area (Å²) in [5, 5.41) is 20.7. The molecule has 11 rings (SSSR count). The normalized spacial score (nSPS) is 18.5. The number of fused-ring (bicyclic) bond motifs is 4. The predicted octanol–water partition coefficient (Wildman–Crippen LogP) is 12.9. The summed E-state index contributed by atoms with van der Waals surface area (Å²) in [6, 6.07) is 75.0. The van der Waals surface area contributed by atoms with Crippen molar-refractivity contribution in [1.29, 1.82) is 0 Å². The van der Waals surface area contributed by atoms with E-state index in [1.54, 1.807) is 0 Å². The average molecular weight is 747 g/mol. The zero-order chi connectivity index (χ0) is 38.4. The third kappa shape index (κ3) is 6.39. The van der Waals surface area contributed by atoms with Crippen LogP contribution in [0.15, 0.2) is 206 Å². The number of hydrogen-bond donors (Lipinski definition) is 4. The molecule has 4 unspecified atom stereocenters. The third-order valence-electron chi connectivity index (χ3n) is 12.0. The Morgan fingerprint density at radius 1 is 0.276 bits per heavy atom. The summed E-state index contributed by atoms with van der Waals surface area (Å²) in [6.07, 6.45) is -0.177. The highest BCUT2D eigenvalue weighted by molar-refractivity contribution is 5.89. The highest BCUT2D eigenvalue weighted by Gasteiger charge is 2.31. The van der Waals surface area contributed by atoms with E-state index >= 15 is 0 Å². The highest BCUT2D eigenvalue weighted by Crippen LogP contribution is 2.41. The van der Waals surface area contributed by atoms with Crippen LogP contribution in [-0.4, -0.2) is 0 Å². The largest absolute Gasteiger partial charge is 0.366 e. The zero-order valence-electron chi connectivity index (χ0n) is 31.9. The summed E-state index contributed by atoms with van der Waals surface area (Å²) >= 11 is 0. The van der Waals surface area contributed by atoms with Crippen LogP contribution < -0.4 is 21.3 Å². The van der Waals surface area contributed by atoms with Crippen LogP contribution in [0.4, 0.5) is 11.4 Å². The Morgan fingerprint density at radius 3 is 1.28 bits per heavy atom. The Labute approximate surface area is 339 Å². The first kappa shape index (κ1) is 34.3. The maximum Gasteiger partial charge on any atom is 0.104 e. The van der Waals surface area contributed by atoms with E-state index in [2.05, 4.69) is 228 Å². The predicted molar refractivity (Wildman–Crippen MR) is 241 cm³/mol. The number of anilines is 2. The van der Waals surface area contributed by atoms with Gasteiger partial charge in [0.05, 0.1) is 12.1 Å². The smallest absolute Gasteiger partial charge is 0.104 e. The van der Waals surface area contributed by atoms with Crippen LogP contribution in [0.25, 0.3) is 43.8 Å². The lowest BCUT2D eigenvalue weighted by atomic mass is 9.90. The first-order chi connectivity index (χ1) is 28.7. The van der Waals surface area contributed by atoms with E-state index in [4.69, 9.17) is 0 Å². The Bertz CT molecular complexity index is 2940. The molecule has 0 aromatic heterocycles. The van der Waals surface area contributed by atoms with Gasteiger partial charge in [0.1, 0.15) is 12.3 Å². The van der Waals surface area contributed by atoms with Gasteiger partial charge in [-0.05, 0) is 114 Å². The molecule has 0 bridgehead atoms. The molecular weight excluding hydrogens is 705 g/mol. The number of nitrogens with one attached hydrogen (secondary N) is 4. The first-order valence-corrected chi connectivity index (χ1v) is 20.2. The molecule has 2 aliphatic rings. The minimum absolute atomic E-state index is 0.00769. The highest BCUT2D eigenvalue weighted by atomic mass is 15.2. The van der Waals surface area contributed by atoms with Crippen molar-refractivity contribution in [2.75, 3.05) is 10.6 Å². The molecule has 9 aromatic rings. The fraction of sp³-hybridized carbons (Fsp3) is 0.0741. The van der Waals surface area contributed by atoms with E-state index in [0.29, 0.717) is 0 Å². The number of para-hydroxylation sites is 2. The van der Waals surface area contributed by atoms with Gasteiger partial charge in [-0.3, -0.25) is 10.6 Å². The second-order valence-electron chi connectivity index (χ2n) is 15.6. The van der Waals surface area contributed by atoms with Gasteiger partial charge >= 0.3 is 0 Å². The molecule has 0 saturated heterocycles. The molecule has 0 fully saturated rings. The average Bonchev–Trinajstić information content (AvgIpc) is 3.30. The first-order valence-electron chi connectivity index (χ1n) is 20.2. The molecule has 0 radical (unpaired) electrons. The maximum atomic E-state index is 4.03. The van der Waals surface area contributed by atoms with E-state index in [9.17, 15) is 0 Å². The second kappa shape index (κ2) is 14.5. The van der Waals surface area contributed by atoms with Crippen molar-refractivity contribution in [3.8, 4) is 22.3 Å². The summed E-state index contributed by atoms with van der Waals surface area (Å²) in [6.45, 7) is 0. The van der Waals surface area contributed by atoms with Crippen LogP contribution in [0.3, 0.4) is 0 Å². The van der Waals surface area contributed by atoms with E-state index < -0.39 is 0 Å². The van der Waals surface area contributed by atoms with Gasteiger partial charge in [-0.25, -0.2) is 0 Å². The molecule has 2 heterocycles. The van der Waals surface area contributed by atoms with Crippen molar-refractivity contribution in [1.82, 2.24) is 10.6 Å². The summed E-state index contributed by atoms with van der Waals surface area (Å²) in [5.74, 6) is 0. The van der Waals surface area contributed by atoms with Gasteiger partial charge in [-0.1, -0.05) is 170 Å². The minimum Gasteiger partial charge on any atom is -0.366 e. The van der Waals surface area contributed by atoms with Crippen LogP contribution >= 0.6 is 0 Å². The third-order valence-corrected chi connectivity index (χ3v) is 12.0. The number of hydrogen-bond acceptors (Lipinski definition) is 4. The molecule has 4 heteroatoms. The van der Waals surface area contributed by atoms with Gasteiger partial charge in [-0.15, -0.1) is 0 Å². The Kier molecular flexibility index (Phi) is 8.58. The molecule has 2 aliphatic heterocycles. The fourth-order valence-electron chi connectivity index (χ4n) is 9.01. The van der Waals surface area contributed by atoms with Crippen molar-refractivity contribution < 1.29 is 0 Å². The molecule has 4 nitrogen and oxygen atoms in total. The number of rotatable bonds is 6. The molecule has 278 valence electrons. The Hall–Kier alpha value is -6.98. The van der Waals surface area contributed by atoms with Crippen molar-refractivity contribution in [3.05, 3.63) is 240 Å². The Balaban J connectivity index is 0.920. The van der Waals surface area contributed by atoms with E-state index in [1.807, 2.05) is 0 Å². The zero-order valence-corrected chi connectivity index (χ0v) is 31.9. The standard InChI is InChI=1S/C54H42N4/c1-3-12-35(13-4-1)39-26-22-37-24-28-42(33-45(37)30-39)52-48-19-8-10-21-50(48)55-53(58-52)43-17-11-16-41(32-43)51-47-18-7-9-20-49(47)56-54(57-51)44-29-25-38-23-27-40(31-46(38)34-44)36-14-5-2-6-15-36/h1-34,51-58H. The van der Waals surface area contributed by atoms with Crippen LogP contribution in [0, 0.1) is 0 Å². The van der Waals surface area contributed by atoms with Gasteiger partial charge in [0.15, 0.2) is 0 Å². The second-order valence-corrected chi connectivity index (χ2v) is 15.6. The van der Waals surface area contributed by atoms with Gasteiger partial charge < -0.3 is 10.6 Å². The Morgan fingerprint density at radius 2 is 0.707 bits per heavy atom. The van der Waals surface area contributed by atoms with Crippen molar-refractivity contribution in [2.24, 2.45) is 0 Å². The summed E-state index contributed by atoms with van der Waals surface area (Å²) in [5.41, 5.74) is 14.6. The van der Waals surface area contributed by atoms with Gasteiger partial charge in [0.25, 0.3) is 0 Å². The van der Waals surface area contributed by atoms with Crippen molar-refractivity contribution >= 4 is 32.9 Å². The summed E-state index contributed by atoms with van der Waals surface area (Å²) < 4.78 is 0. The van der Waals surface area contributed by atoms with E-state index in [0.717, 1.165) is 11.4 Å². The van der Waals surface area contributed by atoms with Crippen molar-refractivity contribution in [2.45, 2.75) is 24.4 Å². The lowest BCUT2D eigenvalue weighted by molar-refractivity contribution is 0.497. The molecule has 4 N–H and O–H groups in total. The quantitative estimate of drug-likeness (QED) is 0.137. The molecule has 58 heavy (non-hydrogen) atoms. The summed E-state index contributed by atoms with van der Waals surface area (Å²) in [4.78, 5) is 0. The lowest BCUT2D eigenvalue weighted by Gasteiger charge is -2.37. The monoisotopic (exact) mass is 746 g/mol. The molecule has 0 aliphatic carbocycles. The number of benzene rings is 9. The molecule has 0 spiro atoms.